The molecule has 0 saturated heterocycles. The molecule has 0 amide bonds. The van der Waals surface area contributed by atoms with Crippen molar-refractivity contribution in [3.8, 4) is 0 Å². The van der Waals surface area contributed by atoms with Crippen LogP contribution in [0.15, 0.2) is 0 Å². The molecule has 0 aromatic carbocycles. The van der Waals surface area contributed by atoms with Crippen molar-refractivity contribution in [1.29, 1.82) is 0 Å². The van der Waals surface area contributed by atoms with E-state index in [0.29, 0.717) is 0 Å². The number of hydrogen-bond acceptors (Lipinski definition) is 3. The molecule has 0 bridgehead atoms. The molecule has 5 nitrogen and oxygen atoms in total. The summed E-state index contributed by atoms with van der Waals surface area (Å²) in [5.41, 5.74) is 0. The van der Waals surface area contributed by atoms with Gasteiger partial charge in [-0.25, -0.2) is 11.1 Å². The van der Waals surface area contributed by atoms with Crippen LogP contribution in [-0.4, -0.2) is 40.7 Å². The lowest BCUT2D eigenvalue weighted by atomic mass is 10.1. The number of carboxylic acid groups (broad SMARTS) is 2. The van der Waals surface area contributed by atoms with Crippen LogP contribution in [0.3, 0.4) is 0 Å². The standard InChI is InChI=1S/C7H15NO4S/c1-13(2)8-5(3-6(9)10)4-7(11)12/h5,8,13H,3-4H2,1-2H3,(H,9,10)(H,11,12). The van der Waals surface area contributed by atoms with E-state index in [1.54, 1.807) is 0 Å². The fourth-order valence-corrected chi connectivity index (χ4v) is 1.86. The van der Waals surface area contributed by atoms with Crippen LogP contribution in [0.4, 0.5) is 0 Å². The Morgan fingerprint density at radius 3 is 1.85 bits per heavy atom. The zero-order valence-electron chi connectivity index (χ0n) is 7.65. The van der Waals surface area contributed by atoms with Crippen LogP contribution in [0, 0.1) is 0 Å². The number of thiol groups is 1. The van der Waals surface area contributed by atoms with E-state index in [1.165, 1.54) is 0 Å². The smallest absolute Gasteiger partial charge is 0.304 e. The monoisotopic (exact) mass is 209 g/mol. The Hall–Kier alpha value is -0.750. The van der Waals surface area contributed by atoms with Crippen molar-refractivity contribution >= 4 is 23.0 Å². The maximum atomic E-state index is 10.3. The molecule has 13 heavy (non-hydrogen) atoms. The van der Waals surface area contributed by atoms with Gasteiger partial charge in [-0.3, -0.25) is 14.3 Å². The molecule has 6 heteroatoms. The fraction of sp³-hybridized carbons (Fsp3) is 0.714. The summed E-state index contributed by atoms with van der Waals surface area (Å²) >= 11 is -0.478. The minimum absolute atomic E-state index is 0.146. The molecule has 0 heterocycles. The molecule has 0 fully saturated rings. The molecule has 0 aliphatic carbocycles. The first-order valence-electron chi connectivity index (χ1n) is 3.79. The first-order chi connectivity index (χ1) is 5.91. The van der Waals surface area contributed by atoms with Crippen LogP contribution in [0.1, 0.15) is 12.8 Å². The first-order valence-corrected chi connectivity index (χ1v) is 6.02. The average Bonchev–Trinajstić information content (AvgIpc) is 1.80. The van der Waals surface area contributed by atoms with E-state index < -0.39 is 29.1 Å². The normalized spacial score (nSPS) is 11.5. The molecule has 0 atom stereocenters. The molecule has 0 rings (SSSR count). The summed E-state index contributed by atoms with van der Waals surface area (Å²) in [5.74, 6) is -1.95. The molecule has 0 radical (unpaired) electrons. The van der Waals surface area contributed by atoms with Gasteiger partial charge in [0.25, 0.3) is 0 Å². The minimum atomic E-state index is -0.976. The Labute approximate surface area is 79.6 Å². The lowest BCUT2D eigenvalue weighted by molar-refractivity contribution is -0.139. The lowest BCUT2D eigenvalue weighted by Gasteiger charge is -2.19. The number of hydrogen-bond donors (Lipinski definition) is 4. The van der Waals surface area contributed by atoms with Crippen LogP contribution in [-0.2, 0) is 9.59 Å². The van der Waals surface area contributed by atoms with E-state index in [1.807, 2.05) is 12.5 Å². The summed E-state index contributed by atoms with van der Waals surface area (Å²) in [5, 5.41) is 17.0. The number of nitrogens with one attached hydrogen (secondary N) is 1. The van der Waals surface area contributed by atoms with Gasteiger partial charge in [0.15, 0.2) is 0 Å². The largest absolute Gasteiger partial charge is 0.481 e. The predicted octanol–water partition coefficient (Wildman–Crippen LogP) is 0.0698. The number of carbonyl (C=O) groups is 2. The van der Waals surface area contributed by atoms with E-state index in [-0.39, 0.29) is 12.8 Å². The van der Waals surface area contributed by atoms with Crippen molar-refractivity contribution in [2.24, 2.45) is 0 Å². The summed E-state index contributed by atoms with van der Waals surface area (Å²) in [6.07, 6.45) is 3.53. The molecule has 0 unspecified atom stereocenters. The molecule has 0 aliphatic rings. The van der Waals surface area contributed by atoms with Gasteiger partial charge in [-0.15, -0.1) is 0 Å². The summed E-state index contributed by atoms with van der Waals surface area (Å²) in [7, 11) is 0. The van der Waals surface area contributed by atoms with Crippen molar-refractivity contribution in [2.45, 2.75) is 18.9 Å². The Morgan fingerprint density at radius 2 is 1.62 bits per heavy atom. The third-order valence-electron chi connectivity index (χ3n) is 1.28. The summed E-state index contributed by atoms with van der Waals surface area (Å²) in [6, 6.07) is -0.462. The zero-order chi connectivity index (χ0) is 10.4. The highest BCUT2D eigenvalue weighted by Gasteiger charge is 2.16. The van der Waals surface area contributed by atoms with E-state index in [9.17, 15) is 9.59 Å². The molecule has 0 saturated carbocycles. The quantitative estimate of drug-likeness (QED) is 0.465. The molecule has 0 spiro atoms. The Morgan fingerprint density at radius 1 is 1.23 bits per heavy atom. The van der Waals surface area contributed by atoms with E-state index in [2.05, 4.69) is 4.72 Å². The summed E-state index contributed by atoms with van der Waals surface area (Å²) in [6.45, 7) is 0. The van der Waals surface area contributed by atoms with Gasteiger partial charge in [-0.05, 0) is 12.5 Å². The second kappa shape index (κ2) is 5.82. The highest BCUT2D eigenvalue weighted by molar-refractivity contribution is 8.14. The van der Waals surface area contributed by atoms with Gasteiger partial charge >= 0.3 is 11.9 Å². The highest BCUT2D eigenvalue weighted by atomic mass is 32.2. The topological polar surface area (TPSA) is 86.6 Å². The van der Waals surface area contributed by atoms with Crippen molar-refractivity contribution < 1.29 is 19.8 Å². The molecule has 0 aromatic heterocycles. The fourth-order valence-electron chi connectivity index (χ4n) is 0.950. The highest BCUT2D eigenvalue weighted by Crippen LogP contribution is 2.11. The number of aliphatic carboxylic acids is 2. The Balaban J connectivity index is 4.02. The lowest BCUT2D eigenvalue weighted by Crippen LogP contribution is -2.30. The van der Waals surface area contributed by atoms with Crippen LogP contribution < -0.4 is 4.72 Å². The van der Waals surface area contributed by atoms with Crippen LogP contribution in [0.2, 0.25) is 0 Å². The molecule has 78 valence electrons. The van der Waals surface area contributed by atoms with Gasteiger partial charge in [0, 0.05) is 6.04 Å². The number of rotatable bonds is 6. The Bertz CT molecular complexity index is 179. The van der Waals surface area contributed by atoms with E-state index >= 15 is 0 Å². The third kappa shape index (κ3) is 7.61. The van der Waals surface area contributed by atoms with Crippen LogP contribution in [0.25, 0.3) is 0 Å². The first kappa shape index (κ1) is 12.2. The average molecular weight is 209 g/mol. The van der Waals surface area contributed by atoms with Crippen LogP contribution in [0.5, 0.6) is 0 Å². The van der Waals surface area contributed by atoms with E-state index in [4.69, 9.17) is 10.2 Å². The minimum Gasteiger partial charge on any atom is -0.481 e. The van der Waals surface area contributed by atoms with E-state index in [0.717, 1.165) is 0 Å². The third-order valence-corrected chi connectivity index (χ3v) is 2.16. The Kier molecular flexibility index (Phi) is 5.48. The molecular formula is C7H15NO4S. The maximum absolute atomic E-state index is 10.3. The molecule has 0 aromatic rings. The molecule has 3 N–H and O–H groups in total. The van der Waals surface area contributed by atoms with Gasteiger partial charge in [0.1, 0.15) is 0 Å². The van der Waals surface area contributed by atoms with Gasteiger partial charge in [0.05, 0.1) is 12.8 Å². The second-order valence-corrected chi connectivity index (χ2v) is 4.96. The van der Waals surface area contributed by atoms with Gasteiger partial charge in [-0.2, -0.15) is 0 Å². The SMILES string of the molecule is C[SH](C)NC(CC(=O)O)CC(=O)O. The van der Waals surface area contributed by atoms with Gasteiger partial charge in [-0.1, -0.05) is 0 Å². The number of carboxylic acids is 2. The molecule has 0 aliphatic heterocycles. The second-order valence-electron chi connectivity index (χ2n) is 2.92. The maximum Gasteiger partial charge on any atom is 0.304 e. The summed E-state index contributed by atoms with van der Waals surface area (Å²) in [4.78, 5) is 20.7. The van der Waals surface area contributed by atoms with Crippen LogP contribution >= 0.6 is 11.1 Å². The van der Waals surface area contributed by atoms with Gasteiger partial charge in [0.2, 0.25) is 0 Å². The van der Waals surface area contributed by atoms with Crippen molar-refractivity contribution in [3.63, 3.8) is 0 Å². The predicted molar refractivity (Wildman–Crippen MR) is 52.3 cm³/mol. The zero-order valence-corrected chi connectivity index (χ0v) is 8.54. The van der Waals surface area contributed by atoms with Crippen molar-refractivity contribution in [1.82, 2.24) is 4.72 Å². The van der Waals surface area contributed by atoms with Gasteiger partial charge < -0.3 is 10.2 Å². The summed E-state index contributed by atoms with van der Waals surface area (Å²) < 4.78 is 2.95. The van der Waals surface area contributed by atoms with Crippen molar-refractivity contribution in [2.75, 3.05) is 12.5 Å². The van der Waals surface area contributed by atoms with Crippen molar-refractivity contribution in [3.05, 3.63) is 0 Å². The molecular weight excluding hydrogens is 194 g/mol.